The van der Waals surface area contributed by atoms with Crippen molar-refractivity contribution in [2.45, 2.75) is 25.3 Å². The molecule has 112 valence electrons. The highest BCUT2D eigenvalue weighted by atomic mass is 32.2. The van der Waals surface area contributed by atoms with E-state index in [1.54, 1.807) is 31.2 Å². The second-order valence-corrected chi connectivity index (χ2v) is 7.17. The number of halogens is 1. The number of rotatable bonds is 4. The van der Waals surface area contributed by atoms with Crippen molar-refractivity contribution in [2.24, 2.45) is 0 Å². The van der Waals surface area contributed by atoms with Gasteiger partial charge in [0.05, 0.1) is 4.90 Å². The number of benzene rings is 2. The molecule has 0 aliphatic carbocycles. The van der Waals surface area contributed by atoms with Gasteiger partial charge in [-0.15, -0.1) is 0 Å². The Morgan fingerprint density at radius 3 is 2.43 bits per heavy atom. The molecule has 2 aromatic rings. The van der Waals surface area contributed by atoms with Gasteiger partial charge in [0.15, 0.2) is 0 Å². The van der Waals surface area contributed by atoms with Gasteiger partial charge >= 0.3 is 0 Å². The summed E-state index contributed by atoms with van der Waals surface area (Å²) in [6, 6.07) is 11.2. The SMILES string of the molecule is Cc1ccc(S(=O)(=O)N(C)Cc2cccc(F)c2)c(C)c1. The lowest BCUT2D eigenvalue weighted by Gasteiger charge is -2.19. The van der Waals surface area contributed by atoms with Crippen molar-refractivity contribution in [3.8, 4) is 0 Å². The number of hydrogen-bond acceptors (Lipinski definition) is 2. The summed E-state index contributed by atoms with van der Waals surface area (Å²) >= 11 is 0. The van der Waals surface area contributed by atoms with Crippen LogP contribution in [0.4, 0.5) is 4.39 Å². The van der Waals surface area contributed by atoms with Crippen LogP contribution in [-0.2, 0) is 16.6 Å². The molecule has 0 aliphatic heterocycles. The van der Waals surface area contributed by atoms with Gasteiger partial charge in [0, 0.05) is 13.6 Å². The van der Waals surface area contributed by atoms with Crippen molar-refractivity contribution >= 4 is 10.0 Å². The molecule has 0 aliphatic rings. The monoisotopic (exact) mass is 307 g/mol. The number of hydrogen-bond donors (Lipinski definition) is 0. The minimum Gasteiger partial charge on any atom is -0.207 e. The van der Waals surface area contributed by atoms with Gasteiger partial charge in [0.1, 0.15) is 5.82 Å². The van der Waals surface area contributed by atoms with Crippen LogP contribution in [0, 0.1) is 19.7 Å². The van der Waals surface area contributed by atoms with Crippen molar-refractivity contribution in [2.75, 3.05) is 7.05 Å². The Balaban J connectivity index is 2.30. The van der Waals surface area contributed by atoms with E-state index >= 15 is 0 Å². The van der Waals surface area contributed by atoms with Crippen molar-refractivity contribution < 1.29 is 12.8 Å². The zero-order valence-corrected chi connectivity index (χ0v) is 13.1. The molecule has 0 N–H and O–H groups in total. The highest BCUT2D eigenvalue weighted by Gasteiger charge is 2.22. The molecule has 0 unspecified atom stereocenters. The van der Waals surface area contributed by atoms with E-state index < -0.39 is 10.0 Å². The molecular formula is C16H18FNO2S. The minimum atomic E-state index is -3.59. The van der Waals surface area contributed by atoms with E-state index in [9.17, 15) is 12.8 Å². The Morgan fingerprint density at radius 1 is 1.10 bits per heavy atom. The van der Waals surface area contributed by atoms with E-state index in [1.165, 1.54) is 23.5 Å². The van der Waals surface area contributed by atoms with Crippen LogP contribution in [0.25, 0.3) is 0 Å². The molecule has 21 heavy (non-hydrogen) atoms. The van der Waals surface area contributed by atoms with E-state index in [4.69, 9.17) is 0 Å². The maximum Gasteiger partial charge on any atom is 0.243 e. The van der Waals surface area contributed by atoms with Gasteiger partial charge in [-0.2, -0.15) is 4.31 Å². The van der Waals surface area contributed by atoms with Crippen molar-refractivity contribution in [1.29, 1.82) is 0 Å². The Bertz CT molecular complexity index is 757. The lowest BCUT2D eigenvalue weighted by molar-refractivity contribution is 0.465. The van der Waals surface area contributed by atoms with Gasteiger partial charge in [-0.3, -0.25) is 0 Å². The van der Waals surface area contributed by atoms with Gasteiger partial charge in [0.25, 0.3) is 0 Å². The molecule has 0 radical (unpaired) electrons. The maximum absolute atomic E-state index is 13.2. The summed E-state index contributed by atoms with van der Waals surface area (Å²) in [5.74, 6) is -0.371. The number of sulfonamides is 1. The molecular weight excluding hydrogens is 289 g/mol. The van der Waals surface area contributed by atoms with Crippen LogP contribution in [0.2, 0.25) is 0 Å². The van der Waals surface area contributed by atoms with Crippen molar-refractivity contribution in [3.63, 3.8) is 0 Å². The summed E-state index contributed by atoms with van der Waals surface area (Å²) < 4.78 is 39.6. The number of nitrogens with zero attached hydrogens (tertiary/aromatic N) is 1. The molecule has 2 aromatic carbocycles. The van der Waals surface area contributed by atoms with Gasteiger partial charge in [-0.05, 0) is 43.2 Å². The third-order valence-electron chi connectivity index (χ3n) is 3.31. The molecule has 0 aromatic heterocycles. The van der Waals surface area contributed by atoms with Gasteiger partial charge in [0.2, 0.25) is 10.0 Å². The van der Waals surface area contributed by atoms with Crippen LogP contribution in [0.5, 0.6) is 0 Å². The fourth-order valence-electron chi connectivity index (χ4n) is 2.23. The smallest absolute Gasteiger partial charge is 0.207 e. The molecule has 0 atom stereocenters. The normalized spacial score (nSPS) is 11.9. The third kappa shape index (κ3) is 3.49. The van der Waals surface area contributed by atoms with Gasteiger partial charge in [-0.1, -0.05) is 29.8 Å². The summed E-state index contributed by atoms with van der Waals surface area (Å²) in [6.45, 7) is 3.82. The van der Waals surface area contributed by atoms with Crippen LogP contribution in [-0.4, -0.2) is 19.8 Å². The summed E-state index contributed by atoms with van der Waals surface area (Å²) in [5.41, 5.74) is 2.34. The molecule has 0 spiro atoms. The van der Waals surface area contributed by atoms with E-state index in [-0.39, 0.29) is 17.3 Å². The highest BCUT2D eigenvalue weighted by molar-refractivity contribution is 7.89. The van der Waals surface area contributed by atoms with Gasteiger partial charge < -0.3 is 0 Å². The molecule has 2 rings (SSSR count). The average Bonchev–Trinajstić information content (AvgIpc) is 2.38. The molecule has 0 amide bonds. The third-order valence-corrected chi connectivity index (χ3v) is 5.28. The van der Waals surface area contributed by atoms with E-state index in [1.807, 2.05) is 13.0 Å². The van der Waals surface area contributed by atoms with E-state index in [0.717, 1.165) is 5.56 Å². The van der Waals surface area contributed by atoms with Gasteiger partial charge in [-0.25, -0.2) is 12.8 Å². The predicted octanol–water partition coefficient (Wildman–Crippen LogP) is 3.26. The van der Waals surface area contributed by atoms with Crippen LogP contribution in [0.1, 0.15) is 16.7 Å². The molecule has 0 heterocycles. The molecule has 0 saturated carbocycles. The fourth-order valence-corrected chi connectivity index (χ4v) is 3.59. The topological polar surface area (TPSA) is 37.4 Å². The van der Waals surface area contributed by atoms with Crippen molar-refractivity contribution in [3.05, 3.63) is 65.0 Å². The summed E-state index contributed by atoms with van der Waals surface area (Å²) in [5, 5.41) is 0. The average molecular weight is 307 g/mol. The quantitative estimate of drug-likeness (QED) is 0.869. The van der Waals surface area contributed by atoms with Crippen LogP contribution in [0.15, 0.2) is 47.4 Å². The molecule has 0 fully saturated rings. The number of aryl methyl sites for hydroxylation is 2. The lowest BCUT2D eigenvalue weighted by Crippen LogP contribution is -2.27. The first-order chi connectivity index (χ1) is 9.80. The Morgan fingerprint density at radius 2 is 1.81 bits per heavy atom. The molecule has 0 saturated heterocycles. The van der Waals surface area contributed by atoms with E-state index in [2.05, 4.69) is 0 Å². The molecule has 0 bridgehead atoms. The summed E-state index contributed by atoms with van der Waals surface area (Å²) in [7, 11) is -2.09. The zero-order chi connectivity index (χ0) is 15.6. The van der Waals surface area contributed by atoms with Crippen molar-refractivity contribution in [1.82, 2.24) is 4.31 Å². The van der Waals surface area contributed by atoms with Crippen LogP contribution < -0.4 is 0 Å². The minimum absolute atomic E-state index is 0.132. The highest BCUT2D eigenvalue weighted by Crippen LogP contribution is 2.21. The molecule has 5 heteroatoms. The summed E-state index contributed by atoms with van der Waals surface area (Å²) in [4.78, 5) is 0.284. The predicted molar refractivity (Wildman–Crippen MR) is 81.0 cm³/mol. The maximum atomic E-state index is 13.2. The van der Waals surface area contributed by atoms with E-state index in [0.29, 0.717) is 11.1 Å². The Kier molecular flexibility index (Phi) is 4.44. The standard InChI is InChI=1S/C16H18FNO2S/c1-12-7-8-16(13(2)9-12)21(19,20)18(3)11-14-5-4-6-15(17)10-14/h4-10H,11H2,1-3H3. The molecule has 3 nitrogen and oxygen atoms in total. The first-order valence-corrected chi connectivity index (χ1v) is 8.03. The Labute approximate surface area is 125 Å². The second-order valence-electron chi connectivity index (χ2n) is 5.16. The lowest BCUT2D eigenvalue weighted by atomic mass is 10.2. The Hall–Kier alpha value is -1.72. The first-order valence-electron chi connectivity index (χ1n) is 6.59. The fraction of sp³-hybridized carbons (Fsp3) is 0.250. The van der Waals surface area contributed by atoms with Crippen LogP contribution in [0.3, 0.4) is 0 Å². The van der Waals surface area contributed by atoms with Crippen LogP contribution >= 0.6 is 0 Å². The summed E-state index contributed by atoms with van der Waals surface area (Å²) in [6.07, 6.45) is 0. The zero-order valence-electron chi connectivity index (χ0n) is 12.3. The first kappa shape index (κ1) is 15.7. The second kappa shape index (κ2) is 5.95. The largest absolute Gasteiger partial charge is 0.243 e.